The molecule has 0 N–H and O–H groups in total. The molecule has 0 spiro atoms. The Bertz CT molecular complexity index is 801. The van der Waals surface area contributed by atoms with Crippen LogP contribution in [-0.4, -0.2) is 5.78 Å². The average molecular weight is 369 g/mol. The number of allylic oxidation sites excluding steroid dienone is 1. The van der Waals surface area contributed by atoms with Gasteiger partial charge in [-0.3, -0.25) is 4.79 Å². The van der Waals surface area contributed by atoms with Gasteiger partial charge in [0.2, 0.25) is 0 Å². The first-order chi connectivity index (χ1) is 10.7. The van der Waals surface area contributed by atoms with Crippen molar-refractivity contribution in [1.29, 1.82) is 0 Å². The van der Waals surface area contributed by atoms with E-state index < -0.39 is 0 Å². The third-order valence-electron chi connectivity index (χ3n) is 3.26. The van der Waals surface area contributed by atoms with E-state index in [9.17, 15) is 4.79 Å². The maximum absolute atomic E-state index is 12.0. The maximum Gasteiger partial charge on any atom is 0.195 e. The minimum Gasteiger partial charge on any atom is -0.288 e. The molecule has 0 bridgehead atoms. The van der Waals surface area contributed by atoms with Gasteiger partial charge in [0.15, 0.2) is 5.78 Å². The van der Waals surface area contributed by atoms with Gasteiger partial charge in [0.05, 0.1) is 8.66 Å². The standard InChI is InChI=1S/C19H13BrOS/c20-19-13-12-18(22-19)17(21)11-8-14-6-9-16(10-7-14)15-4-2-1-3-5-15/h1-13H/b11-8+. The van der Waals surface area contributed by atoms with Gasteiger partial charge in [0.25, 0.3) is 0 Å². The van der Waals surface area contributed by atoms with E-state index in [4.69, 9.17) is 0 Å². The van der Waals surface area contributed by atoms with Crippen LogP contribution >= 0.6 is 27.3 Å². The van der Waals surface area contributed by atoms with Crippen molar-refractivity contribution in [2.75, 3.05) is 0 Å². The summed E-state index contributed by atoms with van der Waals surface area (Å²) in [5.74, 6) is 0.0304. The van der Waals surface area contributed by atoms with E-state index in [0.29, 0.717) is 0 Å². The van der Waals surface area contributed by atoms with Gasteiger partial charge in [-0.1, -0.05) is 60.7 Å². The van der Waals surface area contributed by atoms with Crippen LogP contribution < -0.4 is 0 Å². The van der Waals surface area contributed by atoms with Crippen molar-refractivity contribution >= 4 is 39.1 Å². The summed E-state index contributed by atoms with van der Waals surface area (Å²) in [4.78, 5) is 12.8. The fourth-order valence-corrected chi connectivity index (χ4v) is 3.42. The first kappa shape index (κ1) is 14.9. The molecule has 0 fully saturated rings. The number of hydrogen-bond donors (Lipinski definition) is 0. The zero-order valence-electron chi connectivity index (χ0n) is 11.7. The lowest BCUT2D eigenvalue weighted by Crippen LogP contribution is -1.88. The van der Waals surface area contributed by atoms with Crippen molar-refractivity contribution in [3.63, 3.8) is 0 Å². The Hall–Kier alpha value is -1.97. The van der Waals surface area contributed by atoms with Crippen molar-refractivity contribution in [3.05, 3.63) is 87.0 Å². The minimum absolute atomic E-state index is 0.0304. The molecule has 0 aliphatic heterocycles. The van der Waals surface area contributed by atoms with Gasteiger partial charge < -0.3 is 0 Å². The fourth-order valence-electron chi connectivity index (χ4n) is 2.12. The highest BCUT2D eigenvalue weighted by atomic mass is 79.9. The Kier molecular flexibility index (Phi) is 4.66. The summed E-state index contributed by atoms with van der Waals surface area (Å²) in [6.45, 7) is 0. The molecule has 0 unspecified atom stereocenters. The molecule has 3 heteroatoms. The van der Waals surface area contributed by atoms with Gasteiger partial charge in [0.1, 0.15) is 0 Å². The Balaban J connectivity index is 1.73. The Morgan fingerprint density at radius 3 is 2.18 bits per heavy atom. The van der Waals surface area contributed by atoms with Crippen LogP contribution in [0.4, 0.5) is 0 Å². The molecule has 3 rings (SSSR count). The van der Waals surface area contributed by atoms with E-state index in [1.165, 1.54) is 22.5 Å². The van der Waals surface area contributed by atoms with Crippen molar-refractivity contribution in [3.8, 4) is 11.1 Å². The molecule has 0 radical (unpaired) electrons. The summed E-state index contributed by atoms with van der Waals surface area (Å²) in [6.07, 6.45) is 3.47. The number of halogens is 1. The molecule has 0 atom stereocenters. The number of hydrogen-bond acceptors (Lipinski definition) is 2. The molecule has 0 saturated heterocycles. The van der Waals surface area contributed by atoms with Crippen LogP contribution in [0.1, 0.15) is 15.2 Å². The van der Waals surface area contributed by atoms with Gasteiger partial charge in [-0.15, -0.1) is 11.3 Å². The van der Waals surface area contributed by atoms with Crippen molar-refractivity contribution in [1.82, 2.24) is 0 Å². The molecule has 1 aromatic heterocycles. The van der Waals surface area contributed by atoms with Crippen molar-refractivity contribution < 1.29 is 4.79 Å². The van der Waals surface area contributed by atoms with Gasteiger partial charge in [-0.25, -0.2) is 0 Å². The first-order valence-corrected chi connectivity index (χ1v) is 8.46. The minimum atomic E-state index is 0.0304. The van der Waals surface area contributed by atoms with Crippen LogP contribution in [0, 0.1) is 0 Å². The number of carbonyl (C=O) groups is 1. The third-order valence-corrected chi connectivity index (χ3v) is 4.90. The number of thiophene rings is 1. The molecule has 22 heavy (non-hydrogen) atoms. The lowest BCUT2D eigenvalue weighted by Gasteiger charge is -2.01. The number of carbonyl (C=O) groups excluding carboxylic acids is 1. The third kappa shape index (κ3) is 3.62. The summed E-state index contributed by atoms with van der Waals surface area (Å²) in [5.41, 5.74) is 3.38. The highest BCUT2D eigenvalue weighted by molar-refractivity contribution is 9.11. The summed E-state index contributed by atoms with van der Waals surface area (Å²) in [7, 11) is 0. The van der Waals surface area contributed by atoms with Crippen LogP contribution in [0.15, 0.2) is 76.6 Å². The largest absolute Gasteiger partial charge is 0.288 e. The van der Waals surface area contributed by atoms with Gasteiger partial charge in [0, 0.05) is 0 Å². The molecule has 3 aromatic rings. The molecule has 108 valence electrons. The van der Waals surface area contributed by atoms with Crippen LogP contribution in [0.2, 0.25) is 0 Å². The van der Waals surface area contributed by atoms with Gasteiger partial charge >= 0.3 is 0 Å². The average Bonchev–Trinajstić information content (AvgIpc) is 3.00. The van der Waals surface area contributed by atoms with E-state index in [-0.39, 0.29) is 5.78 Å². The Labute approximate surface area is 142 Å². The van der Waals surface area contributed by atoms with E-state index in [1.54, 1.807) is 6.08 Å². The van der Waals surface area contributed by atoms with Crippen molar-refractivity contribution in [2.24, 2.45) is 0 Å². The molecular formula is C19H13BrOS. The van der Waals surface area contributed by atoms with E-state index in [2.05, 4.69) is 40.2 Å². The number of benzene rings is 2. The number of rotatable bonds is 4. The zero-order chi connectivity index (χ0) is 15.4. The van der Waals surface area contributed by atoms with Crippen LogP contribution in [0.5, 0.6) is 0 Å². The summed E-state index contributed by atoms with van der Waals surface area (Å²) >= 11 is 4.82. The molecule has 0 amide bonds. The van der Waals surface area contributed by atoms with E-state index in [1.807, 2.05) is 48.5 Å². The SMILES string of the molecule is O=C(/C=C/c1ccc(-c2ccccc2)cc1)c1ccc(Br)s1. The van der Waals surface area contributed by atoms with E-state index >= 15 is 0 Å². The zero-order valence-corrected chi connectivity index (χ0v) is 14.1. The Morgan fingerprint density at radius 2 is 1.55 bits per heavy atom. The Morgan fingerprint density at radius 1 is 0.864 bits per heavy atom. The highest BCUT2D eigenvalue weighted by Gasteiger charge is 2.04. The van der Waals surface area contributed by atoms with Crippen LogP contribution in [-0.2, 0) is 0 Å². The monoisotopic (exact) mass is 368 g/mol. The van der Waals surface area contributed by atoms with Gasteiger partial charge in [-0.05, 0) is 50.8 Å². The summed E-state index contributed by atoms with van der Waals surface area (Å²) in [5, 5.41) is 0. The molecule has 0 saturated carbocycles. The second kappa shape index (κ2) is 6.86. The first-order valence-electron chi connectivity index (χ1n) is 6.85. The summed E-state index contributed by atoms with van der Waals surface area (Å²) < 4.78 is 0.969. The van der Waals surface area contributed by atoms with Crippen LogP contribution in [0.3, 0.4) is 0 Å². The topological polar surface area (TPSA) is 17.1 Å². The highest BCUT2D eigenvalue weighted by Crippen LogP contribution is 2.23. The smallest absolute Gasteiger partial charge is 0.195 e. The van der Waals surface area contributed by atoms with Crippen LogP contribution in [0.25, 0.3) is 17.2 Å². The second-order valence-electron chi connectivity index (χ2n) is 4.79. The van der Waals surface area contributed by atoms with E-state index in [0.717, 1.165) is 14.2 Å². The van der Waals surface area contributed by atoms with Crippen molar-refractivity contribution in [2.45, 2.75) is 0 Å². The fraction of sp³-hybridized carbons (Fsp3) is 0. The van der Waals surface area contributed by atoms with Gasteiger partial charge in [-0.2, -0.15) is 0 Å². The predicted molar refractivity (Wildman–Crippen MR) is 97.3 cm³/mol. The molecule has 0 aliphatic rings. The lowest BCUT2D eigenvalue weighted by molar-refractivity contribution is 0.105. The molecule has 2 aromatic carbocycles. The molecule has 1 nitrogen and oxygen atoms in total. The molecular weight excluding hydrogens is 356 g/mol. The lowest BCUT2D eigenvalue weighted by atomic mass is 10.0. The normalized spacial score (nSPS) is 11.0. The maximum atomic E-state index is 12.0. The quantitative estimate of drug-likeness (QED) is 0.403. The summed E-state index contributed by atoms with van der Waals surface area (Å²) in [6, 6.07) is 22.2. The number of ketones is 1. The predicted octanol–water partition coefficient (Wildman–Crippen LogP) is 6.07. The second-order valence-corrected chi connectivity index (χ2v) is 7.25. The molecule has 0 aliphatic carbocycles. The molecule has 1 heterocycles.